The van der Waals surface area contributed by atoms with Gasteiger partial charge < -0.3 is 5.73 Å². The fourth-order valence-corrected chi connectivity index (χ4v) is 3.11. The van der Waals surface area contributed by atoms with Gasteiger partial charge in [0, 0.05) is 16.7 Å². The van der Waals surface area contributed by atoms with Gasteiger partial charge in [0.25, 0.3) is 0 Å². The Bertz CT molecular complexity index is 583. The number of hydrogen-bond donors (Lipinski definition) is 1. The number of halogens is 1. The van der Waals surface area contributed by atoms with Crippen LogP contribution in [0.15, 0.2) is 47.4 Å². The zero-order chi connectivity index (χ0) is 14.5. The molecule has 2 aromatic rings. The third-order valence-electron chi connectivity index (χ3n) is 3.24. The molecule has 0 aromatic heterocycles. The van der Waals surface area contributed by atoms with Crippen molar-refractivity contribution in [3.8, 4) is 0 Å². The highest BCUT2D eigenvalue weighted by molar-refractivity contribution is 7.99. The van der Waals surface area contributed by atoms with E-state index in [4.69, 9.17) is 5.73 Å². The van der Waals surface area contributed by atoms with Crippen LogP contribution in [-0.4, -0.2) is 11.8 Å². The summed E-state index contributed by atoms with van der Waals surface area (Å²) in [4.78, 5) is 1.25. The second kappa shape index (κ2) is 6.91. The molecule has 0 saturated carbocycles. The summed E-state index contributed by atoms with van der Waals surface area (Å²) in [5.74, 6) is 0.675. The minimum Gasteiger partial charge on any atom is -0.327 e. The van der Waals surface area contributed by atoms with E-state index < -0.39 is 0 Å². The first kappa shape index (κ1) is 15.1. The van der Waals surface area contributed by atoms with E-state index in [9.17, 15) is 4.39 Å². The summed E-state index contributed by atoms with van der Waals surface area (Å²) in [6.45, 7) is 4.02. The van der Waals surface area contributed by atoms with Crippen molar-refractivity contribution >= 4 is 11.8 Å². The fourth-order valence-electron chi connectivity index (χ4n) is 2.14. The number of nitrogens with two attached hydrogens (primary N) is 1. The first-order valence-electron chi connectivity index (χ1n) is 6.74. The monoisotopic (exact) mass is 289 g/mol. The smallest absolute Gasteiger partial charge is 0.123 e. The highest BCUT2D eigenvalue weighted by atomic mass is 32.2. The third-order valence-corrected chi connectivity index (χ3v) is 4.42. The van der Waals surface area contributed by atoms with E-state index in [2.05, 4.69) is 31.2 Å². The Morgan fingerprint density at radius 3 is 2.65 bits per heavy atom. The van der Waals surface area contributed by atoms with Gasteiger partial charge in [-0.15, -0.1) is 11.8 Å². The van der Waals surface area contributed by atoms with E-state index >= 15 is 0 Å². The van der Waals surface area contributed by atoms with E-state index in [1.807, 2.05) is 13.0 Å². The third kappa shape index (κ3) is 4.36. The molecule has 1 nitrogen and oxygen atoms in total. The van der Waals surface area contributed by atoms with Crippen molar-refractivity contribution in [1.82, 2.24) is 0 Å². The molecule has 1 atom stereocenters. The van der Waals surface area contributed by atoms with Crippen molar-refractivity contribution in [1.29, 1.82) is 0 Å². The van der Waals surface area contributed by atoms with Gasteiger partial charge in [0.2, 0.25) is 0 Å². The lowest BCUT2D eigenvalue weighted by Gasteiger charge is -2.13. The van der Waals surface area contributed by atoms with E-state index in [0.29, 0.717) is 0 Å². The van der Waals surface area contributed by atoms with Gasteiger partial charge in [0.1, 0.15) is 5.82 Å². The maximum Gasteiger partial charge on any atom is 0.123 e. The van der Waals surface area contributed by atoms with Gasteiger partial charge in [-0.25, -0.2) is 4.39 Å². The first-order valence-corrected chi connectivity index (χ1v) is 7.73. The van der Waals surface area contributed by atoms with Crippen LogP contribution in [-0.2, 0) is 6.42 Å². The number of hydrogen-bond acceptors (Lipinski definition) is 2. The van der Waals surface area contributed by atoms with E-state index in [-0.39, 0.29) is 11.9 Å². The van der Waals surface area contributed by atoms with E-state index in [1.54, 1.807) is 17.8 Å². The Kier molecular flexibility index (Phi) is 5.21. The second-order valence-electron chi connectivity index (χ2n) is 5.16. The molecular formula is C17H20FNS. The quantitative estimate of drug-likeness (QED) is 0.838. The molecule has 0 aliphatic rings. The van der Waals surface area contributed by atoms with Crippen LogP contribution in [0.25, 0.3) is 0 Å². The topological polar surface area (TPSA) is 26.0 Å². The van der Waals surface area contributed by atoms with Gasteiger partial charge in [0.15, 0.2) is 0 Å². The van der Waals surface area contributed by atoms with Gasteiger partial charge in [-0.05, 0) is 55.7 Å². The Hall–Kier alpha value is -1.32. The van der Waals surface area contributed by atoms with Crippen molar-refractivity contribution in [2.24, 2.45) is 5.73 Å². The average Bonchev–Trinajstić information content (AvgIpc) is 2.40. The number of aryl methyl sites for hydroxylation is 2. The normalized spacial score (nSPS) is 12.4. The molecule has 2 aromatic carbocycles. The summed E-state index contributed by atoms with van der Waals surface area (Å²) in [5.41, 5.74) is 9.55. The van der Waals surface area contributed by atoms with Gasteiger partial charge >= 0.3 is 0 Å². The van der Waals surface area contributed by atoms with Crippen LogP contribution < -0.4 is 5.73 Å². The highest BCUT2D eigenvalue weighted by Crippen LogP contribution is 2.21. The molecule has 1 unspecified atom stereocenters. The van der Waals surface area contributed by atoms with Crippen LogP contribution in [0.3, 0.4) is 0 Å². The maximum absolute atomic E-state index is 13.1. The average molecular weight is 289 g/mol. The summed E-state index contributed by atoms with van der Waals surface area (Å²) in [7, 11) is 0. The standard InChI is InChI=1S/C17H20FNS/c1-12-4-3-5-17(8-12)20-11-16(19)10-14-6-7-15(18)9-13(14)2/h3-9,16H,10-11,19H2,1-2H3. The van der Waals surface area contributed by atoms with Crippen molar-refractivity contribution in [3.05, 3.63) is 65.0 Å². The molecule has 0 fully saturated rings. The fraction of sp³-hybridized carbons (Fsp3) is 0.294. The van der Waals surface area contributed by atoms with Gasteiger partial charge in [-0.1, -0.05) is 23.8 Å². The van der Waals surface area contributed by atoms with Crippen molar-refractivity contribution in [3.63, 3.8) is 0 Å². The lowest BCUT2D eigenvalue weighted by Crippen LogP contribution is -2.25. The Morgan fingerprint density at radius 2 is 1.95 bits per heavy atom. The molecular weight excluding hydrogens is 269 g/mol. The molecule has 0 spiro atoms. The Labute approximate surface area is 124 Å². The summed E-state index contributed by atoms with van der Waals surface area (Å²) in [6.07, 6.45) is 0.783. The first-order chi connectivity index (χ1) is 9.54. The predicted molar refractivity (Wildman–Crippen MR) is 84.7 cm³/mol. The number of rotatable bonds is 5. The lowest BCUT2D eigenvalue weighted by atomic mass is 10.0. The molecule has 20 heavy (non-hydrogen) atoms. The van der Waals surface area contributed by atoms with E-state index in [0.717, 1.165) is 23.3 Å². The van der Waals surface area contributed by atoms with Crippen LogP contribution in [0.1, 0.15) is 16.7 Å². The molecule has 2 N–H and O–H groups in total. The zero-order valence-electron chi connectivity index (χ0n) is 11.9. The SMILES string of the molecule is Cc1cccc(SCC(N)Cc2ccc(F)cc2C)c1. The van der Waals surface area contributed by atoms with Crippen molar-refractivity contribution in [2.75, 3.05) is 5.75 Å². The number of benzene rings is 2. The largest absolute Gasteiger partial charge is 0.327 e. The molecule has 3 heteroatoms. The van der Waals surface area contributed by atoms with E-state index in [1.165, 1.54) is 16.5 Å². The number of thioether (sulfide) groups is 1. The van der Waals surface area contributed by atoms with Gasteiger partial charge in [-0.3, -0.25) is 0 Å². The molecule has 0 bridgehead atoms. The molecule has 0 amide bonds. The summed E-state index contributed by atoms with van der Waals surface area (Å²) in [5, 5.41) is 0. The molecule has 0 saturated heterocycles. The van der Waals surface area contributed by atoms with Crippen LogP contribution >= 0.6 is 11.8 Å². The maximum atomic E-state index is 13.1. The highest BCUT2D eigenvalue weighted by Gasteiger charge is 2.08. The molecule has 2 rings (SSSR count). The molecule has 0 radical (unpaired) electrons. The van der Waals surface area contributed by atoms with Crippen molar-refractivity contribution in [2.45, 2.75) is 31.2 Å². The molecule has 0 aliphatic carbocycles. The summed E-state index contributed by atoms with van der Waals surface area (Å²) < 4.78 is 13.1. The van der Waals surface area contributed by atoms with Gasteiger partial charge in [0.05, 0.1) is 0 Å². The molecule has 0 heterocycles. The van der Waals surface area contributed by atoms with Crippen LogP contribution in [0.5, 0.6) is 0 Å². The summed E-state index contributed by atoms with van der Waals surface area (Å²) in [6, 6.07) is 13.4. The predicted octanol–water partition coefficient (Wildman–Crippen LogP) is 4.10. The second-order valence-corrected chi connectivity index (χ2v) is 6.26. The minimum absolute atomic E-state index is 0.0738. The molecule has 106 valence electrons. The van der Waals surface area contributed by atoms with Gasteiger partial charge in [-0.2, -0.15) is 0 Å². The lowest BCUT2D eigenvalue weighted by molar-refractivity contribution is 0.624. The Balaban J connectivity index is 1.90. The zero-order valence-corrected chi connectivity index (χ0v) is 12.7. The Morgan fingerprint density at radius 1 is 1.15 bits per heavy atom. The summed E-state index contributed by atoms with van der Waals surface area (Å²) >= 11 is 1.77. The van der Waals surface area contributed by atoms with Crippen LogP contribution in [0, 0.1) is 19.7 Å². The molecule has 0 aliphatic heterocycles. The minimum atomic E-state index is -0.186. The van der Waals surface area contributed by atoms with Crippen LogP contribution in [0.4, 0.5) is 4.39 Å². The van der Waals surface area contributed by atoms with Crippen molar-refractivity contribution < 1.29 is 4.39 Å². The van der Waals surface area contributed by atoms with Crippen LogP contribution in [0.2, 0.25) is 0 Å².